The van der Waals surface area contributed by atoms with Crippen LogP contribution >= 0.6 is 11.3 Å². The van der Waals surface area contributed by atoms with E-state index in [4.69, 9.17) is 4.98 Å². The Bertz CT molecular complexity index is 651. The summed E-state index contributed by atoms with van der Waals surface area (Å²) < 4.78 is 1.24. The Kier molecular flexibility index (Phi) is 5.85. The summed E-state index contributed by atoms with van der Waals surface area (Å²) in [5, 5.41) is 4.29. The molecule has 1 aromatic heterocycles. The molecule has 1 aromatic carbocycles. The summed E-state index contributed by atoms with van der Waals surface area (Å²) in [5.41, 5.74) is 1.07. The number of fused-ring (bicyclic) bond motifs is 1. The van der Waals surface area contributed by atoms with Crippen LogP contribution in [-0.4, -0.2) is 34.9 Å². The molecule has 4 nitrogen and oxygen atoms in total. The first-order valence-corrected chi connectivity index (χ1v) is 9.88. The van der Waals surface area contributed by atoms with Crippen molar-refractivity contribution in [3.8, 4) is 0 Å². The highest BCUT2D eigenvalue weighted by Gasteiger charge is 2.28. The second-order valence-corrected chi connectivity index (χ2v) is 7.82. The third kappa shape index (κ3) is 4.14. The van der Waals surface area contributed by atoms with Crippen molar-refractivity contribution >= 4 is 27.5 Å². The van der Waals surface area contributed by atoms with Crippen LogP contribution in [0, 0.1) is 0 Å². The summed E-state index contributed by atoms with van der Waals surface area (Å²) in [4.78, 5) is 19.5. The SMILES string of the molecule is CCC[C@@H](C)NC(=O)CN1CCCC[C@@H]1c1nc2ccccc2s1. The molecule has 2 atom stereocenters. The number of nitrogens with one attached hydrogen (secondary N) is 1. The molecule has 0 spiro atoms. The van der Waals surface area contributed by atoms with Crippen molar-refractivity contribution in [1.29, 1.82) is 0 Å². The van der Waals surface area contributed by atoms with E-state index >= 15 is 0 Å². The van der Waals surface area contributed by atoms with E-state index in [9.17, 15) is 4.79 Å². The van der Waals surface area contributed by atoms with Gasteiger partial charge in [-0.15, -0.1) is 11.3 Å². The highest BCUT2D eigenvalue weighted by atomic mass is 32.1. The minimum Gasteiger partial charge on any atom is -0.353 e. The van der Waals surface area contributed by atoms with Crippen LogP contribution in [0.5, 0.6) is 0 Å². The van der Waals surface area contributed by atoms with Crippen LogP contribution in [0.3, 0.4) is 0 Å². The summed E-state index contributed by atoms with van der Waals surface area (Å²) in [6.45, 7) is 5.70. The Morgan fingerprint density at radius 3 is 3.04 bits per heavy atom. The Morgan fingerprint density at radius 2 is 2.25 bits per heavy atom. The summed E-state index contributed by atoms with van der Waals surface area (Å²) in [5.74, 6) is 0.143. The Morgan fingerprint density at radius 1 is 1.42 bits per heavy atom. The fraction of sp³-hybridized carbons (Fsp3) is 0.579. The minimum atomic E-state index is 0.143. The average Bonchev–Trinajstić information content (AvgIpc) is 2.99. The number of rotatable bonds is 6. The molecule has 2 aromatic rings. The molecule has 0 radical (unpaired) electrons. The van der Waals surface area contributed by atoms with E-state index < -0.39 is 0 Å². The van der Waals surface area contributed by atoms with E-state index in [0.29, 0.717) is 6.54 Å². The van der Waals surface area contributed by atoms with Crippen molar-refractivity contribution in [2.45, 2.75) is 58.0 Å². The Balaban J connectivity index is 1.70. The van der Waals surface area contributed by atoms with Crippen LogP contribution in [0.2, 0.25) is 0 Å². The third-order valence-corrected chi connectivity index (χ3v) is 5.82. The molecule has 3 rings (SSSR count). The second-order valence-electron chi connectivity index (χ2n) is 6.76. The number of amides is 1. The lowest BCUT2D eigenvalue weighted by molar-refractivity contribution is -0.123. The fourth-order valence-electron chi connectivity index (χ4n) is 3.50. The second kappa shape index (κ2) is 8.08. The quantitative estimate of drug-likeness (QED) is 0.856. The highest BCUT2D eigenvalue weighted by molar-refractivity contribution is 7.18. The molecule has 0 saturated carbocycles. The van der Waals surface area contributed by atoms with Gasteiger partial charge in [-0.25, -0.2) is 4.98 Å². The number of nitrogens with zero attached hydrogens (tertiary/aromatic N) is 2. The van der Waals surface area contributed by atoms with Crippen LogP contribution in [0.25, 0.3) is 10.2 Å². The monoisotopic (exact) mass is 345 g/mol. The zero-order valence-electron chi connectivity index (χ0n) is 14.6. The first-order chi connectivity index (χ1) is 11.7. The first kappa shape index (κ1) is 17.4. The van der Waals surface area contributed by atoms with Crippen molar-refractivity contribution in [1.82, 2.24) is 15.2 Å². The van der Waals surface area contributed by atoms with Gasteiger partial charge in [-0.05, 0) is 44.9 Å². The van der Waals surface area contributed by atoms with Crippen molar-refractivity contribution in [3.05, 3.63) is 29.3 Å². The van der Waals surface area contributed by atoms with E-state index in [0.717, 1.165) is 36.3 Å². The first-order valence-electron chi connectivity index (χ1n) is 9.06. The number of piperidine rings is 1. The molecule has 2 heterocycles. The number of carbonyl (C=O) groups excluding carboxylic acids is 1. The molecule has 0 unspecified atom stereocenters. The predicted octanol–water partition coefficient (Wildman–Crippen LogP) is 4.13. The number of aromatic nitrogens is 1. The van der Waals surface area contributed by atoms with Crippen LogP contribution in [0.4, 0.5) is 0 Å². The van der Waals surface area contributed by atoms with Gasteiger partial charge >= 0.3 is 0 Å². The molecule has 1 saturated heterocycles. The largest absolute Gasteiger partial charge is 0.353 e. The van der Waals surface area contributed by atoms with Crippen molar-refractivity contribution in [3.63, 3.8) is 0 Å². The lowest BCUT2D eigenvalue weighted by atomic mass is 10.0. The summed E-state index contributed by atoms with van der Waals surface area (Å²) in [6, 6.07) is 8.83. The standard InChI is InChI=1S/C19H27N3OS/c1-3-8-14(2)20-18(23)13-22-12-7-6-10-16(22)19-21-15-9-4-5-11-17(15)24-19/h4-5,9,11,14,16H,3,6-8,10,12-13H2,1-2H3,(H,20,23)/t14-,16-/m1/s1. The van der Waals surface area contributed by atoms with Crippen LogP contribution < -0.4 is 5.32 Å². The van der Waals surface area contributed by atoms with E-state index in [1.54, 1.807) is 11.3 Å². The van der Waals surface area contributed by atoms with Crippen LogP contribution in [-0.2, 0) is 4.79 Å². The molecule has 1 N–H and O–H groups in total. The smallest absolute Gasteiger partial charge is 0.234 e. The third-order valence-electron chi connectivity index (χ3n) is 4.68. The number of hydrogen-bond donors (Lipinski definition) is 1. The Hall–Kier alpha value is -1.46. The molecule has 1 amide bonds. The average molecular weight is 346 g/mol. The molecule has 1 aliphatic heterocycles. The highest BCUT2D eigenvalue weighted by Crippen LogP contribution is 2.35. The maximum Gasteiger partial charge on any atom is 0.234 e. The predicted molar refractivity (Wildman–Crippen MR) is 100 cm³/mol. The number of hydrogen-bond acceptors (Lipinski definition) is 4. The zero-order chi connectivity index (χ0) is 16.9. The topological polar surface area (TPSA) is 45.2 Å². The van der Waals surface area contributed by atoms with Gasteiger partial charge in [0, 0.05) is 6.04 Å². The van der Waals surface area contributed by atoms with Gasteiger partial charge in [0.1, 0.15) is 5.01 Å². The Labute approximate surface area is 148 Å². The lowest BCUT2D eigenvalue weighted by Crippen LogP contribution is -2.44. The number of likely N-dealkylation sites (tertiary alicyclic amines) is 1. The molecule has 130 valence electrons. The zero-order valence-corrected chi connectivity index (χ0v) is 15.4. The van der Waals surface area contributed by atoms with Crippen molar-refractivity contribution in [2.24, 2.45) is 0 Å². The van der Waals surface area contributed by atoms with E-state index in [2.05, 4.69) is 42.3 Å². The van der Waals surface area contributed by atoms with Gasteiger partial charge in [-0.1, -0.05) is 31.9 Å². The number of para-hydroxylation sites is 1. The molecular weight excluding hydrogens is 318 g/mol. The van der Waals surface area contributed by atoms with Crippen molar-refractivity contribution < 1.29 is 4.79 Å². The maximum atomic E-state index is 12.4. The molecule has 0 bridgehead atoms. The molecule has 0 aliphatic carbocycles. The minimum absolute atomic E-state index is 0.143. The number of carbonyl (C=O) groups is 1. The normalized spacial score (nSPS) is 20.2. The molecule has 1 fully saturated rings. The summed E-state index contributed by atoms with van der Waals surface area (Å²) in [6.07, 6.45) is 5.61. The van der Waals surface area contributed by atoms with Gasteiger partial charge in [0.05, 0.1) is 22.8 Å². The lowest BCUT2D eigenvalue weighted by Gasteiger charge is -2.34. The van der Waals surface area contributed by atoms with Crippen LogP contribution in [0.15, 0.2) is 24.3 Å². The van der Waals surface area contributed by atoms with Gasteiger partial charge < -0.3 is 5.32 Å². The van der Waals surface area contributed by atoms with Crippen molar-refractivity contribution in [2.75, 3.05) is 13.1 Å². The van der Waals surface area contributed by atoms with E-state index in [1.165, 1.54) is 17.5 Å². The van der Waals surface area contributed by atoms with Gasteiger partial charge in [-0.3, -0.25) is 9.69 Å². The molecule has 5 heteroatoms. The van der Waals surface area contributed by atoms with Crippen LogP contribution in [0.1, 0.15) is 57.0 Å². The van der Waals surface area contributed by atoms with E-state index in [-0.39, 0.29) is 18.0 Å². The molecule has 24 heavy (non-hydrogen) atoms. The number of benzene rings is 1. The molecular formula is C19H27N3OS. The molecule has 1 aliphatic rings. The fourth-order valence-corrected chi connectivity index (χ4v) is 4.64. The van der Waals surface area contributed by atoms with Gasteiger partial charge in [0.25, 0.3) is 0 Å². The van der Waals surface area contributed by atoms with Gasteiger partial charge in [0.15, 0.2) is 0 Å². The van der Waals surface area contributed by atoms with Gasteiger partial charge in [0.2, 0.25) is 5.91 Å². The maximum absolute atomic E-state index is 12.4. The number of thiazole rings is 1. The summed E-state index contributed by atoms with van der Waals surface area (Å²) >= 11 is 1.77. The summed E-state index contributed by atoms with van der Waals surface area (Å²) in [7, 11) is 0. The van der Waals surface area contributed by atoms with E-state index in [1.807, 2.05) is 6.07 Å². The van der Waals surface area contributed by atoms with Gasteiger partial charge in [-0.2, -0.15) is 0 Å².